The Kier molecular flexibility index (Phi) is 5.91. The zero-order valence-electron chi connectivity index (χ0n) is 14.1. The molecular formula is C17H28N2O3. The van der Waals surface area contributed by atoms with Crippen molar-refractivity contribution in [2.75, 3.05) is 41.0 Å². The van der Waals surface area contributed by atoms with Gasteiger partial charge in [-0.25, -0.2) is 0 Å². The van der Waals surface area contributed by atoms with Gasteiger partial charge >= 0.3 is 0 Å². The van der Waals surface area contributed by atoms with Gasteiger partial charge in [0.05, 0.1) is 32.9 Å². The molecule has 1 atom stereocenters. The number of hydrogen-bond donors (Lipinski definition) is 1. The Labute approximate surface area is 133 Å². The van der Waals surface area contributed by atoms with Crippen LogP contribution in [0.15, 0.2) is 12.1 Å². The fraction of sp³-hybridized carbons (Fsp3) is 0.647. The third-order valence-electron chi connectivity index (χ3n) is 4.57. The summed E-state index contributed by atoms with van der Waals surface area (Å²) in [6, 6.07) is 3.89. The number of nitrogens with two attached hydrogens (primary N) is 1. The second-order valence-electron chi connectivity index (χ2n) is 5.92. The van der Waals surface area contributed by atoms with Gasteiger partial charge in [0.25, 0.3) is 0 Å². The summed E-state index contributed by atoms with van der Waals surface area (Å²) in [5.74, 6) is 3.05. The summed E-state index contributed by atoms with van der Waals surface area (Å²) >= 11 is 0. The van der Waals surface area contributed by atoms with Crippen LogP contribution in [0.25, 0.3) is 0 Å². The van der Waals surface area contributed by atoms with Crippen molar-refractivity contribution in [1.29, 1.82) is 0 Å². The molecule has 0 aromatic heterocycles. The fourth-order valence-corrected chi connectivity index (χ4v) is 3.15. The molecule has 5 heteroatoms. The molecule has 1 aliphatic rings. The number of methoxy groups -OCH3 is 3. The van der Waals surface area contributed by atoms with E-state index in [9.17, 15) is 0 Å². The second-order valence-corrected chi connectivity index (χ2v) is 5.92. The topological polar surface area (TPSA) is 57.0 Å². The Bertz CT molecular complexity index is 460. The first-order valence-electron chi connectivity index (χ1n) is 7.88. The maximum atomic E-state index is 6.10. The normalized spacial score (nSPS) is 18.0. The zero-order chi connectivity index (χ0) is 16.1. The van der Waals surface area contributed by atoms with E-state index in [4.69, 9.17) is 19.9 Å². The summed E-state index contributed by atoms with van der Waals surface area (Å²) in [7, 11) is 4.98. The van der Waals surface area contributed by atoms with Crippen molar-refractivity contribution in [2.24, 2.45) is 11.7 Å². The van der Waals surface area contributed by atoms with E-state index < -0.39 is 0 Å². The molecule has 0 saturated carbocycles. The van der Waals surface area contributed by atoms with E-state index in [2.05, 4.69) is 11.8 Å². The van der Waals surface area contributed by atoms with Gasteiger partial charge in [0.15, 0.2) is 0 Å². The molecule has 0 spiro atoms. The van der Waals surface area contributed by atoms with Gasteiger partial charge in [0.1, 0.15) is 17.2 Å². The summed E-state index contributed by atoms with van der Waals surface area (Å²) in [6.45, 7) is 4.96. The molecule has 5 nitrogen and oxygen atoms in total. The Morgan fingerprint density at radius 2 is 1.64 bits per heavy atom. The highest BCUT2D eigenvalue weighted by Crippen LogP contribution is 2.41. The highest BCUT2D eigenvalue weighted by Gasteiger charge is 2.29. The van der Waals surface area contributed by atoms with Crippen molar-refractivity contribution in [1.82, 2.24) is 4.90 Å². The van der Waals surface area contributed by atoms with Crippen molar-refractivity contribution in [2.45, 2.75) is 25.8 Å². The first-order valence-corrected chi connectivity index (χ1v) is 7.88. The average molecular weight is 308 g/mol. The van der Waals surface area contributed by atoms with E-state index in [-0.39, 0.29) is 6.04 Å². The van der Waals surface area contributed by atoms with Gasteiger partial charge in [-0.1, -0.05) is 6.92 Å². The number of rotatable bonds is 6. The minimum atomic E-state index is 0.100. The van der Waals surface area contributed by atoms with E-state index in [1.165, 1.54) is 12.8 Å². The highest BCUT2D eigenvalue weighted by molar-refractivity contribution is 5.52. The van der Waals surface area contributed by atoms with E-state index in [1.807, 2.05) is 12.1 Å². The molecule has 2 N–H and O–H groups in total. The Morgan fingerprint density at radius 1 is 1.09 bits per heavy atom. The lowest BCUT2D eigenvalue weighted by Crippen LogP contribution is -2.39. The zero-order valence-corrected chi connectivity index (χ0v) is 14.1. The van der Waals surface area contributed by atoms with E-state index in [0.717, 1.165) is 41.8 Å². The standard InChI is InChI=1S/C17H28N2O3/c1-12-5-7-19(8-6-12)14(11-18)17-15(21-3)9-13(20-2)10-16(17)22-4/h9-10,12,14H,5-8,11,18H2,1-4H3/t14-/m0/s1. The molecule has 1 aromatic carbocycles. The van der Waals surface area contributed by atoms with Gasteiger partial charge in [0, 0.05) is 18.7 Å². The van der Waals surface area contributed by atoms with Crippen molar-refractivity contribution in [3.63, 3.8) is 0 Å². The average Bonchev–Trinajstić information content (AvgIpc) is 2.56. The summed E-state index contributed by atoms with van der Waals surface area (Å²) in [5.41, 5.74) is 7.12. The monoisotopic (exact) mass is 308 g/mol. The first kappa shape index (κ1) is 16.9. The Balaban J connectivity index is 2.38. The largest absolute Gasteiger partial charge is 0.496 e. The molecule has 22 heavy (non-hydrogen) atoms. The van der Waals surface area contributed by atoms with Crippen LogP contribution in [-0.4, -0.2) is 45.9 Å². The molecule has 0 aliphatic carbocycles. The smallest absolute Gasteiger partial charge is 0.131 e. The molecule has 1 saturated heterocycles. The molecule has 1 fully saturated rings. The number of piperidine rings is 1. The molecule has 1 aromatic rings. The molecule has 1 heterocycles. The number of nitrogens with zero attached hydrogens (tertiary/aromatic N) is 1. The third kappa shape index (κ3) is 3.47. The van der Waals surface area contributed by atoms with Gasteiger partial charge < -0.3 is 19.9 Å². The molecule has 0 amide bonds. The fourth-order valence-electron chi connectivity index (χ4n) is 3.15. The van der Waals surface area contributed by atoms with Crippen molar-refractivity contribution in [3.05, 3.63) is 17.7 Å². The van der Waals surface area contributed by atoms with Crippen molar-refractivity contribution in [3.8, 4) is 17.2 Å². The van der Waals surface area contributed by atoms with Gasteiger partial charge in [-0.15, -0.1) is 0 Å². The minimum absolute atomic E-state index is 0.100. The molecule has 124 valence electrons. The minimum Gasteiger partial charge on any atom is -0.496 e. The lowest BCUT2D eigenvalue weighted by molar-refractivity contribution is 0.137. The summed E-state index contributed by atoms with van der Waals surface area (Å²) in [6.07, 6.45) is 2.41. The Morgan fingerprint density at radius 3 is 2.05 bits per heavy atom. The Hall–Kier alpha value is -1.46. The van der Waals surface area contributed by atoms with Gasteiger partial charge in [0.2, 0.25) is 0 Å². The SMILES string of the molecule is COc1cc(OC)c([C@H](CN)N2CCC(C)CC2)c(OC)c1. The van der Waals surface area contributed by atoms with Gasteiger partial charge in [-0.05, 0) is 31.8 Å². The van der Waals surface area contributed by atoms with Crippen LogP contribution < -0.4 is 19.9 Å². The van der Waals surface area contributed by atoms with Crippen LogP contribution in [0.2, 0.25) is 0 Å². The molecular weight excluding hydrogens is 280 g/mol. The first-order chi connectivity index (χ1) is 10.6. The summed E-state index contributed by atoms with van der Waals surface area (Å²) in [4.78, 5) is 2.44. The molecule has 2 rings (SSSR count). The van der Waals surface area contributed by atoms with Crippen LogP contribution in [0, 0.1) is 5.92 Å². The summed E-state index contributed by atoms with van der Waals surface area (Å²) < 4.78 is 16.5. The van der Waals surface area contributed by atoms with Crippen LogP contribution in [-0.2, 0) is 0 Å². The molecule has 0 bridgehead atoms. The number of likely N-dealkylation sites (tertiary alicyclic amines) is 1. The summed E-state index contributed by atoms with van der Waals surface area (Å²) in [5, 5.41) is 0. The van der Waals surface area contributed by atoms with Crippen LogP contribution in [0.5, 0.6) is 17.2 Å². The maximum absolute atomic E-state index is 6.10. The van der Waals surface area contributed by atoms with Crippen LogP contribution in [0.3, 0.4) is 0 Å². The van der Waals surface area contributed by atoms with Crippen LogP contribution in [0.4, 0.5) is 0 Å². The van der Waals surface area contributed by atoms with Crippen LogP contribution >= 0.6 is 0 Å². The predicted octanol–water partition coefficient (Wildman–Crippen LogP) is 2.44. The molecule has 1 aliphatic heterocycles. The van der Waals surface area contributed by atoms with Gasteiger partial charge in [-0.3, -0.25) is 4.90 Å². The van der Waals surface area contributed by atoms with E-state index in [1.54, 1.807) is 21.3 Å². The maximum Gasteiger partial charge on any atom is 0.131 e. The predicted molar refractivity (Wildman–Crippen MR) is 87.9 cm³/mol. The lowest BCUT2D eigenvalue weighted by atomic mass is 9.95. The van der Waals surface area contributed by atoms with Crippen molar-refractivity contribution < 1.29 is 14.2 Å². The highest BCUT2D eigenvalue weighted by atomic mass is 16.5. The van der Waals surface area contributed by atoms with Crippen LogP contribution in [0.1, 0.15) is 31.4 Å². The number of ether oxygens (including phenoxy) is 3. The lowest BCUT2D eigenvalue weighted by Gasteiger charge is -2.37. The molecule has 0 radical (unpaired) electrons. The number of benzene rings is 1. The molecule has 0 unspecified atom stereocenters. The van der Waals surface area contributed by atoms with E-state index in [0.29, 0.717) is 6.54 Å². The third-order valence-corrected chi connectivity index (χ3v) is 4.57. The van der Waals surface area contributed by atoms with Crippen molar-refractivity contribution >= 4 is 0 Å². The second kappa shape index (κ2) is 7.70. The quantitative estimate of drug-likeness (QED) is 0.875. The van der Waals surface area contributed by atoms with E-state index >= 15 is 0 Å². The van der Waals surface area contributed by atoms with Gasteiger partial charge in [-0.2, -0.15) is 0 Å². The number of hydrogen-bond acceptors (Lipinski definition) is 5.